The summed E-state index contributed by atoms with van der Waals surface area (Å²) in [7, 11) is -5.69. The standard InChI is InChI=1S/C20H25NO5S2/c1-14-11-15(2)20(16(3)12-14)28(24,25)21(18-9-10-27(22,23)13-18)17-5-7-19(26-4)8-6-17/h5-8,11-12,18H,9-10,13H2,1-4H3. The number of anilines is 1. The molecule has 8 heteroatoms. The van der Waals surface area contributed by atoms with E-state index in [0.29, 0.717) is 22.6 Å². The van der Waals surface area contributed by atoms with Crippen molar-refractivity contribution in [2.75, 3.05) is 22.9 Å². The van der Waals surface area contributed by atoms with Gasteiger partial charge in [-0.15, -0.1) is 0 Å². The summed E-state index contributed by atoms with van der Waals surface area (Å²) in [4.78, 5) is 0.234. The number of hydrogen-bond donors (Lipinski definition) is 0. The molecule has 1 fully saturated rings. The number of sulfonamides is 1. The molecule has 3 rings (SSSR count). The molecule has 1 atom stereocenters. The lowest BCUT2D eigenvalue weighted by Crippen LogP contribution is -2.41. The van der Waals surface area contributed by atoms with E-state index in [2.05, 4.69) is 0 Å². The first-order valence-electron chi connectivity index (χ1n) is 9.02. The Morgan fingerprint density at radius 1 is 1.04 bits per heavy atom. The molecule has 0 aromatic heterocycles. The van der Waals surface area contributed by atoms with E-state index in [9.17, 15) is 16.8 Å². The molecule has 152 valence electrons. The number of sulfone groups is 1. The number of aryl methyl sites for hydroxylation is 3. The third-order valence-electron chi connectivity index (χ3n) is 4.99. The Bertz CT molecular complexity index is 1070. The van der Waals surface area contributed by atoms with Gasteiger partial charge in [-0.05, 0) is 62.6 Å². The highest BCUT2D eigenvalue weighted by atomic mass is 32.2. The highest BCUT2D eigenvalue weighted by Crippen LogP contribution is 2.34. The summed E-state index contributed by atoms with van der Waals surface area (Å²) in [5.41, 5.74) is 2.71. The molecule has 0 radical (unpaired) electrons. The lowest BCUT2D eigenvalue weighted by atomic mass is 10.1. The molecule has 1 heterocycles. The molecule has 1 aliphatic heterocycles. The lowest BCUT2D eigenvalue weighted by molar-refractivity contribution is 0.415. The van der Waals surface area contributed by atoms with E-state index < -0.39 is 25.9 Å². The summed E-state index contributed by atoms with van der Waals surface area (Å²) < 4.78 is 58.1. The molecular formula is C20H25NO5S2. The summed E-state index contributed by atoms with van der Waals surface area (Å²) in [6, 6.07) is 9.69. The van der Waals surface area contributed by atoms with Gasteiger partial charge in [0.05, 0.1) is 35.2 Å². The van der Waals surface area contributed by atoms with E-state index >= 15 is 0 Å². The van der Waals surface area contributed by atoms with Crippen LogP contribution in [0.15, 0.2) is 41.3 Å². The number of methoxy groups -OCH3 is 1. The first kappa shape index (κ1) is 20.7. The SMILES string of the molecule is COc1ccc(N(C2CCS(=O)(=O)C2)S(=O)(=O)c2c(C)cc(C)cc2C)cc1. The van der Waals surface area contributed by atoms with Crippen molar-refractivity contribution in [2.24, 2.45) is 0 Å². The van der Waals surface area contributed by atoms with Gasteiger partial charge >= 0.3 is 0 Å². The molecule has 6 nitrogen and oxygen atoms in total. The maximum Gasteiger partial charge on any atom is 0.265 e. The van der Waals surface area contributed by atoms with E-state index in [1.54, 1.807) is 38.1 Å². The molecule has 0 spiro atoms. The van der Waals surface area contributed by atoms with Gasteiger partial charge in [0.25, 0.3) is 10.0 Å². The maximum absolute atomic E-state index is 13.7. The predicted octanol–water partition coefficient (Wildman–Crippen LogP) is 3.00. The maximum atomic E-state index is 13.7. The van der Waals surface area contributed by atoms with Crippen molar-refractivity contribution in [3.63, 3.8) is 0 Å². The topological polar surface area (TPSA) is 80.8 Å². The Morgan fingerprint density at radius 3 is 2.07 bits per heavy atom. The van der Waals surface area contributed by atoms with Gasteiger partial charge in [-0.25, -0.2) is 16.8 Å². The van der Waals surface area contributed by atoms with Gasteiger partial charge in [0.2, 0.25) is 0 Å². The van der Waals surface area contributed by atoms with Gasteiger partial charge in [-0.3, -0.25) is 4.31 Å². The predicted molar refractivity (Wildman–Crippen MR) is 110 cm³/mol. The van der Waals surface area contributed by atoms with E-state index in [-0.39, 0.29) is 22.8 Å². The largest absolute Gasteiger partial charge is 0.497 e. The molecule has 2 aromatic carbocycles. The Labute approximate surface area is 167 Å². The van der Waals surface area contributed by atoms with Gasteiger partial charge in [0.15, 0.2) is 9.84 Å². The summed E-state index contributed by atoms with van der Waals surface area (Å²) in [6.07, 6.45) is 0.275. The molecule has 1 aliphatic rings. The van der Waals surface area contributed by atoms with Gasteiger partial charge in [-0.2, -0.15) is 0 Å². The molecule has 1 unspecified atom stereocenters. The number of nitrogens with zero attached hydrogens (tertiary/aromatic N) is 1. The number of benzene rings is 2. The van der Waals surface area contributed by atoms with Crippen molar-refractivity contribution in [2.45, 2.75) is 38.1 Å². The van der Waals surface area contributed by atoms with Crippen LogP contribution in [0.1, 0.15) is 23.1 Å². The Balaban J connectivity index is 2.18. The molecular weight excluding hydrogens is 398 g/mol. The van der Waals surface area contributed by atoms with Crippen LogP contribution in [0.4, 0.5) is 5.69 Å². The number of hydrogen-bond acceptors (Lipinski definition) is 5. The molecule has 1 saturated heterocycles. The first-order valence-corrected chi connectivity index (χ1v) is 12.3. The van der Waals surface area contributed by atoms with Crippen LogP contribution in [0.3, 0.4) is 0 Å². The van der Waals surface area contributed by atoms with Crippen molar-refractivity contribution >= 4 is 25.5 Å². The summed E-state index contributed by atoms with van der Waals surface area (Å²) in [5, 5.41) is 0. The third-order valence-corrected chi connectivity index (χ3v) is 8.93. The highest BCUT2D eigenvalue weighted by Gasteiger charge is 2.40. The fourth-order valence-electron chi connectivity index (χ4n) is 3.91. The summed E-state index contributed by atoms with van der Waals surface area (Å²) in [5.74, 6) is 0.413. The molecule has 0 saturated carbocycles. The Hall–Kier alpha value is -2.06. The second-order valence-corrected chi connectivity index (χ2v) is 11.3. The smallest absolute Gasteiger partial charge is 0.265 e. The average molecular weight is 424 g/mol. The number of rotatable bonds is 5. The third kappa shape index (κ3) is 3.89. The first-order chi connectivity index (χ1) is 13.0. The zero-order valence-electron chi connectivity index (χ0n) is 16.5. The minimum atomic E-state index is -3.96. The minimum Gasteiger partial charge on any atom is -0.497 e. The molecule has 0 N–H and O–H groups in total. The van der Waals surface area contributed by atoms with Crippen LogP contribution in [0.2, 0.25) is 0 Å². The second kappa shape index (κ2) is 7.40. The van der Waals surface area contributed by atoms with Gasteiger partial charge in [0.1, 0.15) is 5.75 Å². The normalized spacial score (nSPS) is 18.8. The van der Waals surface area contributed by atoms with Gasteiger partial charge in [0, 0.05) is 0 Å². The van der Waals surface area contributed by atoms with Crippen molar-refractivity contribution in [3.05, 3.63) is 53.1 Å². The monoisotopic (exact) mass is 423 g/mol. The van der Waals surface area contributed by atoms with Gasteiger partial charge < -0.3 is 4.74 Å². The van der Waals surface area contributed by atoms with E-state index in [4.69, 9.17) is 4.74 Å². The van der Waals surface area contributed by atoms with Crippen molar-refractivity contribution in [1.82, 2.24) is 0 Å². The average Bonchev–Trinajstić information content (AvgIpc) is 2.93. The van der Waals surface area contributed by atoms with Crippen LogP contribution >= 0.6 is 0 Å². The van der Waals surface area contributed by atoms with E-state index in [0.717, 1.165) is 5.56 Å². The van der Waals surface area contributed by atoms with Crippen LogP contribution in [-0.2, 0) is 19.9 Å². The fourth-order valence-corrected chi connectivity index (χ4v) is 7.80. The van der Waals surface area contributed by atoms with Crippen LogP contribution in [0.5, 0.6) is 5.75 Å². The minimum absolute atomic E-state index is 0.00823. The molecule has 0 bridgehead atoms. The van der Waals surface area contributed by atoms with Crippen LogP contribution in [0.25, 0.3) is 0 Å². The fraction of sp³-hybridized carbons (Fsp3) is 0.400. The van der Waals surface area contributed by atoms with Crippen LogP contribution in [-0.4, -0.2) is 41.5 Å². The van der Waals surface area contributed by atoms with Crippen LogP contribution in [0, 0.1) is 20.8 Å². The van der Waals surface area contributed by atoms with E-state index in [1.165, 1.54) is 11.4 Å². The lowest BCUT2D eigenvalue weighted by Gasteiger charge is -2.31. The Morgan fingerprint density at radius 2 is 1.61 bits per heavy atom. The molecule has 0 amide bonds. The number of ether oxygens (including phenoxy) is 1. The van der Waals surface area contributed by atoms with Crippen molar-refractivity contribution in [1.29, 1.82) is 0 Å². The van der Waals surface area contributed by atoms with Crippen LogP contribution < -0.4 is 9.04 Å². The molecule has 0 aliphatic carbocycles. The zero-order chi connectivity index (χ0) is 20.7. The second-order valence-electron chi connectivity index (χ2n) is 7.28. The zero-order valence-corrected chi connectivity index (χ0v) is 18.1. The molecule has 28 heavy (non-hydrogen) atoms. The van der Waals surface area contributed by atoms with Gasteiger partial charge in [-0.1, -0.05) is 17.7 Å². The quantitative estimate of drug-likeness (QED) is 0.738. The highest BCUT2D eigenvalue weighted by molar-refractivity contribution is 7.93. The molecule has 2 aromatic rings. The van der Waals surface area contributed by atoms with Crippen molar-refractivity contribution < 1.29 is 21.6 Å². The van der Waals surface area contributed by atoms with E-state index in [1.807, 2.05) is 19.1 Å². The Kier molecular flexibility index (Phi) is 5.46. The van der Waals surface area contributed by atoms with Crippen molar-refractivity contribution in [3.8, 4) is 5.75 Å². The summed E-state index contributed by atoms with van der Waals surface area (Å²) >= 11 is 0. The summed E-state index contributed by atoms with van der Waals surface area (Å²) in [6.45, 7) is 5.45.